The lowest BCUT2D eigenvalue weighted by atomic mass is 9.88. The van der Waals surface area contributed by atoms with Gasteiger partial charge in [0.05, 0.1) is 5.39 Å². The Bertz CT molecular complexity index is 872. The first-order chi connectivity index (χ1) is 11.3. The zero-order chi connectivity index (χ0) is 15.4. The SMILES string of the molecule is C[C@@H]1CCc2c(sc3ncn4c(C5CCCCC5)nnc4c23)C1. The van der Waals surface area contributed by atoms with Crippen LogP contribution in [-0.4, -0.2) is 19.6 Å². The van der Waals surface area contributed by atoms with E-state index in [0.717, 1.165) is 22.2 Å². The van der Waals surface area contributed by atoms with E-state index >= 15 is 0 Å². The molecule has 3 aromatic heterocycles. The van der Waals surface area contributed by atoms with Crippen LogP contribution in [-0.2, 0) is 12.8 Å². The predicted molar refractivity (Wildman–Crippen MR) is 93.2 cm³/mol. The maximum absolute atomic E-state index is 4.77. The molecule has 1 fully saturated rings. The summed E-state index contributed by atoms with van der Waals surface area (Å²) < 4.78 is 2.18. The van der Waals surface area contributed by atoms with Gasteiger partial charge in [-0.3, -0.25) is 4.40 Å². The number of hydrogen-bond acceptors (Lipinski definition) is 4. The molecular weight excluding hydrogens is 304 g/mol. The summed E-state index contributed by atoms with van der Waals surface area (Å²) in [4.78, 5) is 7.45. The van der Waals surface area contributed by atoms with Crippen LogP contribution in [0.5, 0.6) is 0 Å². The van der Waals surface area contributed by atoms with Gasteiger partial charge in [-0.2, -0.15) is 0 Å². The number of rotatable bonds is 1. The van der Waals surface area contributed by atoms with Gasteiger partial charge in [0.1, 0.15) is 17.0 Å². The molecule has 0 unspecified atom stereocenters. The smallest absolute Gasteiger partial charge is 0.172 e. The predicted octanol–water partition coefficient (Wildman–Crippen LogP) is 4.51. The zero-order valence-electron chi connectivity index (χ0n) is 13.6. The molecule has 0 bridgehead atoms. The highest BCUT2D eigenvalue weighted by Gasteiger charge is 2.26. The van der Waals surface area contributed by atoms with E-state index < -0.39 is 0 Å². The average Bonchev–Trinajstić information content (AvgIpc) is 3.15. The summed E-state index contributed by atoms with van der Waals surface area (Å²) in [7, 11) is 0. The van der Waals surface area contributed by atoms with Gasteiger partial charge in [-0.25, -0.2) is 4.98 Å². The van der Waals surface area contributed by atoms with Crippen molar-refractivity contribution in [3.05, 3.63) is 22.6 Å². The molecule has 120 valence electrons. The summed E-state index contributed by atoms with van der Waals surface area (Å²) in [5, 5.41) is 10.5. The number of fused-ring (bicyclic) bond motifs is 5. The molecule has 0 N–H and O–H groups in total. The fourth-order valence-electron chi connectivity index (χ4n) is 4.39. The molecule has 0 saturated heterocycles. The first kappa shape index (κ1) is 13.9. The lowest BCUT2D eigenvalue weighted by Gasteiger charge is -2.19. The molecule has 2 aliphatic rings. The number of thiophene rings is 1. The maximum atomic E-state index is 4.77. The van der Waals surface area contributed by atoms with E-state index in [1.54, 1.807) is 0 Å². The van der Waals surface area contributed by atoms with Crippen molar-refractivity contribution in [2.24, 2.45) is 5.92 Å². The molecule has 0 radical (unpaired) electrons. The molecule has 3 heterocycles. The zero-order valence-corrected chi connectivity index (χ0v) is 14.4. The second-order valence-corrected chi connectivity index (χ2v) is 8.45. The fourth-order valence-corrected chi connectivity index (χ4v) is 5.74. The summed E-state index contributed by atoms with van der Waals surface area (Å²) in [5.41, 5.74) is 2.55. The van der Waals surface area contributed by atoms with Gasteiger partial charge in [0.15, 0.2) is 5.65 Å². The number of aryl methyl sites for hydroxylation is 1. The third-order valence-corrected chi connectivity index (χ3v) is 6.86. The Morgan fingerprint density at radius 3 is 2.87 bits per heavy atom. The minimum absolute atomic E-state index is 0.562. The molecule has 0 aromatic carbocycles. The molecule has 1 atom stereocenters. The molecule has 5 heteroatoms. The highest BCUT2D eigenvalue weighted by Crippen LogP contribution is 2.39. The lowest BCUT2D eigenvalue weighted by Crippen LogP contribution is -2.09. The van der Waals surface area contributed by atoms with Crippen molar-refractivity contribution in [2.75, 3.05) is 0 Å². The van der Waals surface area contributed by atoms with E-state index in [2.05, 4.69) is 21.5 Å². The largest absolute Gasteiger partial charge is 0.268 e. The van der Waals surface area contributed by atoms with Crippen LogP contribution in [0.1, 0.15) is 67.6 Å². The second-order valence-electron chi connectivity index (χ2n) is 7.36. The lowest BCUT2D eigenvalue weighted by molar-refractivity contribution is 0.426. The highest BCUT2D eigenvalue weighted by molar-refractivity contribution is 7.19. The summed E-state index contributed by atoms with van der Waals surface area (Å²) >= 11 is 1.87. The Hall–Kier alpha value is -1.49. The maximum Gasteiger partial charge on any atom is 0.172 e. The normalized spacial score (nSPS) is 22.7. The Kier molecular flexibility index (Phi) is 3.18. The summed E-state index contributed by atoms with van der Waals surface area (Å²) in [6.07, 6.45) is 12.1. The Morgan fingerprint density at radius 2 is 2.00 bits per heavy atom. The number of aromatic nitrogens is 4. The third-order valence-electron chi connectivity index (χ3n) is 5.70. The molecule has 1 saturated carbocycles. The standard InChI is InChI=1S/C18H22N4S/c1-11-7-8-13-14(9-11)23-18-15(13)17-21-20-16(22(17)10-19-18)12-5-3-2-4-6-12/h10-12H,2-9H2,1H3/t11-/m1/s1. The Labute approximate surface area is 140 Å². The van der Waals surface area contributed by atoms with E-state index in [1.165, 1.54) is 67.2 Å². The molecule has 3 aromatic rings. The van der Waals surface area contributed by atoms with Crippen molar-refractivity contribution in [3.8, 4) is 0 Å². The van der Waals surface area contributed by atoms with Crippen LogP contribution < -0.4 is 0 Å². The van der Waals surface area contributed by atoms with Crippen molar-refractivity contribution in [1.29, 1.82) is 0 Å². The summed E-state index contributed by atoms with van der Waals surface area (Å²) in [6.45, 7) is 2.36. The monoisotopic (exact) mass is 326 g/mol. The molecule has 5 rings (SSSR count). The van der Waals surface area contributed by atoms with Crippen LogP contribution in [0, 0.1) is 5.92 Å². The van der Waals surface area contributed by atoms with Gasteiger partial charge >= 0.3 is 0 Å². The van der Waals surface area contributed by atoms with Crippen molar-refractivity contribution < 1.29 is 0 Å². The Morgan fingerprint density at radius 1 is 1.13 bits per heavy atom. The summed E-state index contributed by atoms with van der Waals surface area (Å²) in [5.74, 6) is 2.49. The van der Waals surface area contributed by atoms with Gasteiger partial charge < -0.3 is 0 Å². The van der Waals surface area contributed by atoms with Gasteiger partial charge in [-0.05, 0) is 43.6 Å². The molecule has 0 spiro atoms. The molecule has 4 nitrogen and oxygen atoms in total. The van der Waals surface area contributed by atoms with Crippen LogP contribution >= 0.6 is 11.3 Å². The molecular formula is C18H22N4S. The van der Waals surface area contributed by atoms with Crippen LogP contribution in [0.3, 0.4) is 0 Å². The van der Waals surface area contributed by atoms with Crippen LogP contribution in [0.4, 0.5) is 0 Å². The fraction of sp³-hybridized carbons (Fsp3) is 0.611. The van der Waals surface area contributed by atoms with E-state index in [4.69, 9.17) is 4.98 Å². The minimum atomic E-state index is 0.562. The van der Waals surface area contributed by atoms with Crippen molar-refractivity contribution in [1.82, 2.24) is 19.6 Å². The molecule has 0 aliphatic heterocycles. The average molecular weight is 326 g/mol. The second kappa shape index (κ2) is 5.26. The summed E-state index contributed by atoms with van der Waals surface area (Å²) in [6, 6.07) is 0. The quantitative estimate of drug-likeness (QED) is 0.661. The highest BCUT2D eigenvalue weighted by atomic mass is 32.1. The van der Waals surface area contributed by atoms with Gasteiger partial charge in [0, 0.05) is 10.8 Å². The van der Waals surface area contributed by atoms with Crippen molar-refractivity contribution in [2.45, 2.75) is 64.2 Å². The van der Waals surface area contributed by atoms with Crippen molar-refractivity contribution in [3.63, 3.8) is 0 Å². The Balaban J connectivity index is 1.69. The first-order valence-electron chi connectivity index (χ1n) is 8.95. The van der Waals surface area contributed by atoms with Crippen LogP contribution in [0.15, 0.2) is 6.33 Å². The van der Waals surface area contributed by atoms with E-state index in [9.17, 15) is 0 Å². The first-order valence-corrected chi connectivity index (χ1v) is 9.77. The third kappa shape index (κ3) is 2.12. The number of hydrogen-bond donors (Lipinski definition) is 0. The van der Waals surface area contributed by atoms with Gasteiger partial charge in [0.25, 0.3) is 0 Å². The van der Waals surface area contributed by atoms with Gasteiger partial charge in [-0.1, -0.05) is 26.2 Å². The van der Waals surface area contributed by atoms with E-state index in [0.29, 0.717) is 5.92 Å². The molecule has 2 aliphatic carbocycles. The number of nitrogens with zero attached hydrogens (tertiary/aromatic N) is 4. The van der Waals surface area contributed by atoms with E-state index in [-0.39, 0.29) is 0 Å². The molecule has 23 heavy (non-hydrogen) atoms. The van der Waals surface area contributed by atoms with E-state index in [1.807, 2.05) is 17.7 Å². The molecule has 0 amide bonds. The minimum Gasteiger partial charge on any atom is -0.268 e. The van der Waals surface area contributed by atoms with Crippen molar-refractivity contribution >= 4 is 27.2 Å². The van der Waals surface area contributed by atoms with Gasteiger partial charge in [-0.15, -0.1) is 21.5 Å². The van der Waals surface area contributed by atoms with Gasteiger partial charge in [0.2, 0.25) is 0 Å². The van der Waals surface area contributed by atoms with Crippen LogP contribution in [0.2, 0.25) is 0 Å². The van der Waals surface area contributed by atoms with Crippen LogP contribution in [0.25, 0.3) is 15.9 Å². The topological polar surface area (TPSA) is 43.1 Å².